The van der Waals surface area contributed by atoms with E-state index in [1.54, 1.807) is 59.8 Å². The molecule has 1 aromatic heterocycles. The molecular formula is C24H22N4O3. The van der Waals surface area contributed by atoms with E-state index < -0.39 is 0 Å². The van der Waals surface area contributed by atoms with Gasteiger partial charge in [0, 0.05) is 35.9 Å². The lowest BCUT2D eigenvalue weighted by Crippen LogP contribution is -2.35. The Morgan fingerprint density at radius 2 is 1.77 bits per heavy atom. The second-order valence-electron chi connectivity index (χ2n) is 7.24. The van der Waals surface area contributed by atoms with Crippen molar-refractivity contribution in [2.24, 2.45) is 0 Å². The Bertz CT molecular complexity index is 1100. The summed E-state index contributed by atoms with van der Waals surface area (Å²) in [5.41, 5.74) is 3.52. The Morgan fingerprint density at radius 1 is 0.968 bits per heavy atom. The number of anilines is 2. The van der Waals surface area contributed by atoms with Crippen LogP contribution in [0.1, 0.15) is 32.7 Å². The van der Waals surface area contributed by atoms with E-state index in [1.165, 1.54) is 0 Å². The lowest BCUT2D eigenvalue weighted by Gasteiger charge is -2.30. The number of pyridine rings is 1. The summed E-state index contributed by atoms with van der Waals surface area (Å²) in [6.45, 7) is 0.508. The van der Waals surface area contributed by atoms with Crippen LogP contribution in [-0.4, -0.2) is 35.8 Å². The standard InChI is InChI=1S/C24H22N4O3/c29-22(16-26-23(30)17-6-2-1-3-7-17)27-20-10-11-21-18(14-20)9-5-13-28(21)24(31)19-8-4-12-25-15-19/h1-4,6-8,10-12,14-15H,5,9,13,16H2,(H,26,30)(H,27,29). The fourth-order valence-electron chi connectivity index (χ4n) is 3.59. The number of amides is 3. The molecule has 0 atom stereocenters. The average molecular weight is 414 g/mol. The van der Waals surface area contributed by atoms with Gasteiger partial charge < -0.3 is 15.5 Å². The Morgan fingerprint density at radius 3 is 2.55 bits per heavy atom. The van der Waals surface area contributed by atoms with Crippen molar-refractivity contribution in [3.8, 4) is 0 Å². The van der Waals surface area contributed by atoms with Crippen molar-refractivity contribution >= 4 is 29.1 Å². The van der Waals surface area contributed by atoms with Gasteiger partial charge >= 0.3 is 0 Å². The van der Waals surface area contributed by atoms with Crippen molar-refractivity contribution in [1.29, 1.82) is 0 Å². The fraction of sp³-hybridized carbons (Fsp3) is 0.167. The number of benzene rings is 2. The van der Waals surface area contributed by atoms with Crippen LogP contribution in [0.4, 0.5) is 11.4 Å². The van der Waals surface area contributed by atoms with Gasteiger partial charge in [0.1, 0.15) is 0 Å². The smallest absolute Gasteiger partial charge is 0.259 e. The molecule has 31 heavy (non-hydrogen) atoms. The highest BCUT2D eigenvalue weighted by molar-refractivity contribution is 6.07. The lowest BCUT2D eigenvalue weighted by molar-refractivity contribution is -0.115. The van der Waals surface area contributed by atoms with Gasteiger partial charge in [-0.1, -0.05) is 18.2 Å². The zero-order chi connectivity index (χ0) is 21.6. The van der Waals surface area contributed by atoms with Crippen molar-refractivity contribution in [2.45, 2.75) is 12.8 Å². The molecule has 3 aromatic rings. The number of carbonyl (C=O) groups excluding carboxylic acids is 3. The number of aryl methyl sites for hydroxylation is 1. The Labute approximate surface area is 180 Å². The second-order valence-corrected chi connectivity index (χ2v) is 7.24. The van der Waals surface area contributed by atoms with Gasteiger partial charge in [-0.2, -0.15) is 0 Å². The molecule has 0 unspecified atom stereocenters. The minimum Gasteiger partial charge on any atom is -0.343 e. The quantitative estimate of drug-likeness (QED) is 0.671. The third-order valence-electron chi connectivity index (χ3n) is 5.08. The van der Waals surface area contributed by atoms with Crippen LogP contribution in [0.2, 0.25) is 0 Å². The van der Waals surface area contributed by atoms with E-state index in [0.29, 0.717) is 23.4 Å². The predicted octanol–water partition coefficient (Wildman–Crippen LogP) is 3.04. The Hall–Kier alpha value is -4.00. The van der Waals surface area contributed by atoms with Crippen molar-refractivity contribution < 1.29 is 14.4 Å². The largest absolute Gasteiger partial charge is 0.343 e. The molecule has 1 aliphatic rings. The maximum absolute atomic E-state index is 12.9. The van der Waals surface area contributed by atoms with Crippen LogP contribution >= 0.6 is 0 Å². The molecule has 0 aliphatic carbocycles. The van der Waals surface area contributed by atoms with Crippen LogP contribution in [-0.2, 0) is 11.2 Å². The molecule has 0 saturated heterocycles. The van der Waals surface area contributed by atoms with E-state index >= 15 is 0 Å². The van der Waals surface area contributed by atoms with E-state index in [4.69, 9.17) is 0 Å². The molecule has 7 nitrogen and oxygen atoms in total. The number of aromatic nitrogens is 1. The molecule has 0 fully saturated rings. The van der Waals surface area contributed by atoms with Crippen LogP contribution < -0.4 is 15.5 Å². The minimum absolute atomic E-state index is 0.0885. The minimum atomic E-state index is -0.316. The molecule has 3 amide bonds. The van der Waals surface area contributed by atoms with Gasteiger partial charge in [-0.15, -0.1) is 0 Å². The molecule has 2 N–H and O–H groups in total. The van der Waals surface area contributed by atoms with Crippen LogP contribution in [0.5, 0.6) is 0 Å². The molecule has 2 heterocycles. The summed E-state index contributed by atoms with van der Waals surface area (Å²) in [5, 5.41) is 5.42. The van der Waals surface area contributed by atoms with Gasteiger partial charge in [-0.25, -0.2) is 0 Å². The summed E-state index contributed by atoms with van der Waals surface area (Å²) in [6, 6.07) is 17.7. The van der Waals surface area contributed by atoms with Crippen molar-refractivity contribution in [2.75, 3.05) is 23.3 Å². The first-order chi connectivity index (χ1) is 15.1. The molecule has 0 spiro atoms. The molecule has 156 valence electrons. The lowest BCUT2D eigenvalue weighted by atomic mass is 10.00. The topological polar surface area (TPSA) is 91.4 Å². The molecular weight excluding hydrogens is 392 g/mol. The summed E-state index contributed by atoms with van der Waals surface area (Å²) in [5.74, 6) is -0.705. The summed E-state index contributed by atoms with van der Waals surface area (Å²) >= 11 is 0. The number of nitrogens with zero attached hydrogens (tertiary/aromatic N) is 2. The third-order valence-corrected chi connectivity index (χ3v) is 5.08. The van der Waals surface area contributed by atoms with E-state index in [2.05, 4.69) is 15.6 Å². The monoisotopic (exact) mass is 414 g/mol. The highest BCUT2D eigenvalue weighted by Crippen LogP contribution is 2.30. The summed E-state index contributed by atoms with van der Waals surface area (Å²) < 4.78 is 0. The van der Waals surface area contributed by atoms with E-state index in [9.17, 15) is 14.4 Å². The van der Waals surface area contributed by atoms with Gasteiger partial charge in [-0.3, -0.25) is 19.4 Å². The van der Waals surface area contributed by atoms with E-state index in [-0.39, 0.29) is 24.3 Å². The number of rotatable bonds is 5. The Kier molecular flexibility index (Phi) is 6.03. The number of carbonyl (C=O) groups is 3. The third kappa shape index (κ3) is 4.78. The number of nitrogens with one attached hydrogen (secondary N) is 2. The van der Waals surface area contributed by atoms with Crippen LogP contribution in [0, 0.1) is 0 Å². The van der Waals surface area contributed by atoms with Gasteiger partial charge in [0.15, 0.2) is 0 Å². The van der Waals surface area contributed by atoms with E-state index in [1.807, 2.05) is 18.2 Å². The average Bonchev–Trinajstić information content (AvgIpc) is 2.82. The van der Waals surface area contributed by atoms with Crippen LogP contribution in [0.3, 0.4) is 0 Å². The van der Waals surface area contributed by atoms with Crippen molar-refractivity contribution in [3.05, 3.63) is 89.7 Å². The predicted molar refractivity (Wildman–Crippen MR) is 118 cm³/mol. The molecule has 0 radical (unpaired) electrons. The number of fused-ring (bicyclic) bond motifs is 1. The maximum atomic E-state index is 12.9. The number of hydrogen-bond acceptors (Lipinski definition) is 4. The normalized spacial score (nSPS) is 12.6. The first-order valence-electron chi connectivity index (χ1n) is 10.1. The summed E-state index contributed by atoms with van der Waals surface area (Å²) in [6.07, 6.45) is 4.86. The highest BCUT2D eigenvalue weighted by Gasteiger charge is 2.24. The van der Waals surface area contributed by atoms with Crippen molar-refractivity contribution in [3.63, 3.8) is 0 Å². The molecule has 1 aliphatic heterocycles. The Balaban J connectivity index is 1.40. The van der Waals surface area contributed by atoms with Crippen LogP contribution in [0.25, 0.3) is 0 Å². The van der Waals surface area contributed by atoms with Crippen molar-refractivity contribution in [1.82, 2.24) is 10.3 Å². The second kappa shape index (κ2) is 9.21. The summed E-state index contributed by atoms with van der Waals surface area (Å²) in [7, 11) is 0. The van der Waals surface area contributed by atoms with Gasteiger partial charge in [0.25, 0.3) is 11.8 Å². The molecule has 0 saturated carbocycles. The SMILES string of the molecule is O=C(CNC(=O)c1ccccc1)Nc1ccc2c(c1)CCCN2C(=O)c1cccnc1. The molecule has 7 heteroatoms. The summed E-state index contributed by atoms with van der Waals surface area (Å²) in [4.78, 5) is 43.0. The number of hydrogen-bond donors (Lipinski definition) is 2. The molecule has 4 rings (SSSR count). The zero-order valence-corrected chi connectivity index (χ0v) is 16.9. The van der Waals surface area contributed by atoms with E-state index in [0.717, 1.165) is 24.1 Å². The maximum Gasteiger partial charge on any atom is 0.259 e. The molecule has 2 aromatic carbocycles. The highest BCUT2D eigenvalue weighted by atomic mass is 16.2. The molecule has 0 bridgehead atoms. The van der Waals surface area contributed by atoms with Gasteiger partial charge in [-0.05, 0) is 60.9 Å². The van der Waals surface area contributed by atoms with Crippen LogP contribution in [0.15, 0.2) is 73.1 Å². The zero-order valence-electron chi connectivity index (χ0n) is 16.9. The fourth-order valence-corrected chi connectivity index (χ4v) is 3.59. The van der Waals surface area contributed by atoms with Gasteiger partial charge in [0.05, 0.1) is 12.1 Å². The van der Waals surface area contributed by atoms with Gasteiger partial charge in [0.2, 0.25) is 5.91 Å². The first kappa shape index (κ1) is 20.3. The first-order valence-corrected chi connectivity index (χ1v) is 10.1.